The summed E-state index contributed by atoms with van der Waals surface area (Å²) in [6, 6.07) is 11.5. The summed E-state index contributed by atoms with van der Waals surface area (Å²) in [7, 11) is 1.28. The van der Waals surface area contributed by atoms with Gasteiger partial charge in [0.2, 0.25) is 5.91 Å². The molecular formula is C24H23Cl2N9O3. The lowest BCUT2D eigenvalue weighted by atomic mass is 10.1. The third-order valence-corrected chi connectivity index (χ3v) is 5.88. The highest BCUT2D eigenvalue weighted by molar-refractivity contribution is 6.32. The van der Waals surface area contributed by atoms with Gasteiger partial charge in [-0.2, -0.15) is 4.68 Å². The van der Waals surface area contributed by atoms with Crippen LogP contribution in [-0.2, 0) is 9.53 Å². The van der Waals surface area contributed by atoms with Crippen molar-refractivity contribution in [1.82, 2.24) is 35.5 Å². The predicted molar refractivity (Wildman–Crippen MR) is 143 cm³/mol. The Hall–Kier alpha value is -4.26. The molecule has 0 unspecified atom stereocenters. The summed E-state index contributed by atoms with van der Waals surface area (Å²) >= 11 is 12.6. The molecule has 4 aromatic rings. The van der Waals surface area contributed by atoms with Crippen molar-refractivity contribution in [2.75, 3.05) is 19.0 Å². The van der Waals surface area contributed by atoms with Crippen molar-refractivity contribution in [3.05, 3.63) is 76.4 Å². The van der Waals surface area contributed by atoms with Crippen molar-refractivity contribution in [2.45, 2.75) is 12.5 Å². The van der Waals surface area contributed by atoms with E-state index in [4.69, 9.17) is 28.9 Å². The molecular weight excluding hydrogens is 533 g/mol. The van der Waals surface area contributed by atoms with Crippen LogP contribution < -0.4 is 16.4 Å². The van der Waals surface area contributed by atoms with Crippen LogP contribution in [0.25, 0.3) is 23.0 Å². The van der Waals surface area contributed by atoms with Crippen molar-refractivity contribution < 1.29 is 14.3 Å². The Morgan fingerprint density at radius 1 is 1.21 bits per heavy atom. The molecule has 0 spiro atoms. The lowest BCUT2D eigenvalue weighted by molar-refractivity contribution is -0.117. The Morgan fingerprint density at radius 2 is 2.00 bits per heavy atom. The molecule has 38 heavy (non-hydrogen) atoms. The highest BCUT2D eigenvalue weighted by Crippen LogP contribution is 2.29. The van der Waals surface area contributed by atoms with Gasteiger partial charge < -0.3 is 20.8 Å². The smallest absolute Gasteiger partial charge is 0.411 e. The Labute approximate surface area is 227 Å². The van der Waals surface area contributed by atoms with E-state index in [-0.39, 0.29) is 5.91 Å². The van der Waals surface area contributed by atoms with E-state index in [9.17, 15) is 9.59 Å². The fraction of sp³-hybridized carbons (Fsp3) is 0.167. The average molecular weight is 556 g/mol. The lowest BCUT2D eigenvalue weighted by Crippen LogP contribution is -2.29. The molecule has 0 saturated heterocycles. The molecule has 2 amide bonds. The highest BCUT2D eigenvalue weighted by atomic mass is 35.5. The molecule has 0 aliphatic carbocycles. The standard InChI is InChI=1S/C24H23Cl2N9O3/c1-38-24(37)29-17-6-2-14(3-7-17)21-22(26)32-23(31-21)18(10-11-27)30-20(36)9-4-15-12-16(25)5-8-19(15)35-13-28-33-34-35/h2-9,12-13,18H,10-11,27H2,1H3,(H,29,37)(H,30,36)(H,31,32)/b9-4+/t18-/m0/s1. The van der Waals surface area contributed by atoms with Gasteiger partial charge in [-0.1, -0.05) is 35.3 Å². The first-order valence-corrected chi connectivity index (χ1v) is 12.1. The Balaban J connectivity index is 1.50. The Bertz CT molecular complexity index is 1440. The zero-order valence-electron chi connectivity index (χ0n) is 20.1. The van der Waals surface area contributed by atoms with Gasteiger partial charge in [-0.3, -0.25) is 10.1 Å². The summed E-state index contributed by atoms with van der Waals surface area (Å²) < 4.78 is 6.06. The van der Waals surface area contributed by atoms with Crippen LogP contribution in [0.4, 0.5) is 10.5 Å². The van der Waals surface area contributed by atoms with Crippen LogP contribution in [0, 0.1) is 0 Å². The lowest BCUT2D eigenvalue weighted by Gasteiger charge is -2.14. The molecule has 0 aliphatic heterocycles. The van der Waals surface area contributed by atoms with Gasteiger partial charge in [-0.25, -0.2) is 9.78 Å². The monoisotopic (exact) mass is 555 g/mol. The molecule has 2 heterocycles. The minimum atomic E-state index is -0.575. The third kappa shape index (κ3) is 6.54. The van der Waals surface area contributed by atoms with Crippen molar-refractivity contribution >= 4 is 47.0 Å². The molecule has 1 atom stereocenters. The second kappa shape index (κ2) is 12.3. The van der Waals surface area contributed by atoms with E-state index in [2.05, 4.69) is 40.9 Å². The van der Waals surface area contributed by atoms with Gasteiger partial charge in [0.1, 0.15) is 23.0 Å². The van der Waals surface area contributed by atoms with Crippen LogP contribution >= 0.6 is 23.2 Å². The van der Waals surface area contributed by atoms with Crippen molar-refractivity contribution in [3.8, 4) is 16.9 Å². The number of amides is 2. The molecule has 0 radical (unpaired) electrons. The minimum Gasteiger partial charge on any atom is -0.453 e. The number of aromatic nitrogens is 6. The summed E-state index contributed by atoms with van der Waals surface area (Å²) in [5, 5.41) is 17.4. The molecule has 4 rings (SSSR count). The number of aromatic amines is 1. The first-order chi connectivity index (χ1) is 18.4. The summed E-state index contributed by atoms with van der Waals surface area (Å²) in [6.45, 7) is 0.300. The molecule has 5 N–H and O–H groups in total. The van der Waals surface area contributed by atoms with Gasteiger partial charge in [0, 0.05) is 27.9 Å². The SMILES string of the molecule is COC(=O)Nc1ccc(-c2nc([C@H](CCN)NC(=O)/C=C/c3cc(Cl)ccc3-n3cnnn3)[nH]c2Cl)cc1. The maximum atomic E-state index is 12.8. The summed E-state index contributed by atoms with van der Waals surface area (Å²) in [4.78, 5) is 31.9. The van der Waals surface area contributed by atoms with Gasteiger partial charge in [-0.05, 0) is 59.8 Å². The van der Waals surface area contributed by atoms with Crippen LogP contribution in [0.1, 0.15) is 23.9 Å². The largest absolute Gasteiger partial charge is 0.453 e. The van der Waals surface area contributed by atoms with Crippen LogP contribution in [0.2, 0.25) is 10.2 Å². The molecule has 2 aromatic heterocycles. The number of imidazole rings is 1. The average Bonchev–Trinajstić information content (AvgIpc) is 3.58. The number of carbonyl (C=O) groups excluding carboxylic acids is 2. The van der Waals surface area contributed by atoms with Crippen LogP contribution in [0.3, 0.4) is 0 Å². The Kier molecular flexibility index (Phi) is 8.69. The fourth-order valence-electron chi connectivity index (χ4n) is 3.57. The van der Waals surface area contributed by atoms with E-state index in [1.807, 2.05) is 0 Å². The Morgan fingerprint density at radius 3 is 2.68 bits per heavy atom. The number of hydrogen-bond donors (Lipinski definition) is 4. The van der Waals surface area contributed by atoms with Crippen molar-refractivity contribution in [2.24, 2.45) is 5.73 Å². The molecule has 0 fully saturated rings. The maximum absolute atomic E-state index is 12.8. The number of ether oxygens (including phenoxy) is 1. The number of methoxy groups -OCH3 is 1. The number of H-pyrrole nitrogens is 1. The topological polar surface area (TPSA) is 166 Å². The van der Waals surface area contributed by atoms with Crippen molar-refractivity contribution in [1.29, 1.82) is 0 Å². The van der Waals surface area contributed by atoms with E-state index < -0.39 is 12.1 Å². The number of nitrogens with one attached hydrogen (secondary N) is 3. The van der Waals surface area contributed by atoms with Gasteiger partial charge in [0.25, 0.3) is 0 Å². The van der Waals surface area contributed by atoms with Gasteiger partial charge in [-0.15, -0.1) is 5.10 Å². The van der Waals surface area contributed by atoms with E-state index in [1.54, 1.807) is 48.5 Å². The van der Waals surface area contributed by atoms with Crippen LogP contribution in [-0.4, -0.2) is 55.8 Å². The fourth-order valence-corrected chi connectivity index (χ4v) is 4.00. The number of tetrazole rings is 1. The van der Waals surface area contributed by atoms with E-state index >= 15 is 0 Å². The molecule has 2 aromatic carbocycles. The number of nitrogens with two attached hydrogens (primary N) is 1. The number of benzene rings is 2. The molecule has 0 aliphatic rings. The van der Waals surface area contributed by atoms with Crippen LogP contribution in [0.15, 0.2) is 54.9 Å². The number of hydrogen-bond acceptors (Lipinski definition) is 8. The molecule has 14 heteroatoms. The zero-order valence-corrected chi connectivity index (χ0v) is 21.6. The maximum Gasteiger partial charge on any atom is 0.411 e. The van der Waals surface area contributed by atoms with E-state index in [0.717, 1.165) is 0 Å². The van der Waals surface area contributed by atoms with Crippen molar-refractivity contribution in [3.63, 3.8) is 0 Å². The van der Waals surface area contributed by atoms with E-state index in [0.29, 0.717) is 57.2 Å². The molecule has 0 saturated carbocycles. The number of nitrogens with zero attached hydrogens (tertiary/aromatic N) is 5. The number of anilines is 1. The number of halogens is 2. The normalized spacial score (nSPS) is 11.9. The number of rotatable bonds is 9. The first-order valence-electron chi connectivity index (χ1n) is 11.3. The summed E-state index contributed by atoms with van der Waals surface area (Å²) in [5.74, 6) is 0.0736. The summed E-state index contributed by atoms with van der Waals surface area (Å²) in [5.41, 5.74) is 8.84. The molecule has 196 valence electrons. The quantitative estimate of drug-likeness (QED) is 0.226. The second-order valence-corrected chi connectivity index (χ2v) is 8.72. The van der Waals surface area contributed by atoms with Gasteiger partial charge in [0.05, 0.1) is 18.8 Å². The third-order valence-electron chi connectivity index (χ3n) is 5.37. The van der Waals surface area contributed by atoms with Gasteiger partial charge >= 0.3 is 6.09 Å². The number of carbonyl (C=O) groups is 2. The second-order valence-electron chi connectivity index (χ2n) is 7.91. The predicted octanol–water partition coefficient (Wildman–Crippen LogP) is 3.76. The zero-order chi connectivity index (χ0) is 27.1. The van der Waals surface area contributed by atoms with Gasteiger partial charge in [0.15, 0.2) is 0 Å². The first kappa shape index (κ1) is 26.8. The summed E-state index contributed by atoms with van der Waals surface area (Å²) in [6.07, 6.45) is 4.27. The highest BCUT2D eigenvalue weighted by Gasteiger charge is 2.20. The van der Waals surface area contributed by atoms with E-state index in [1.165, 1.54) is 24.2 Å². The molecule has 0 bridgehead atoms. The molecule has 12 nitrogen and oxygen atoms in total. The minimum absolute atomic E-state index is 0.297. The van der Waals surface area contributed by atoms with Crippen LogP contribution in [0.5, 0.6) is 0 Å².